The molecule has 0 aliphatic carbocycles. The van der Waals surface area contributed by atoms with Gasteiger partial charge in [0.25, 0.3) is 0 Å². The number of rotatable bonds is 6. The molecule has 1 heterocycles. The van der Waals surface area contributed by atoms with Crippen molar-refractivity contribution in [3.63, 3.8) is 0 Å². The molecule has 0 aromatic carbocycles. The van der Waals surface area contributed by atoms with E-state index in [-0.39, 0.29) is 4.99 Å². The summed E-state index contributed by atoms with van der Waals surface area (Å²) in [7, 11) is -3.38. The summed E-state index contributed by atoms with van der Waals surface area (Å²) in [6, 6.07) is 0.313. The smallest absolute Gasteiger partial charge is 0.223 e. The number of nitrogens with two attached hydrogens (primary N) is 1. The monoisotopic (exact) mass is 293 g/mol. The molecule has 2 unspecified atom stereocenters. The first-order valence-corrected chi connectivity index (χ1v) is 8.28. The van der Waals surface area contributed by atoms with Gasteiger partial charge in [0.15, 0.2) is 0 Å². The van der Waals surface area contributed by atoms with Gasteiger partial charge in [-0.15, -0.1) is 0 Å². The third kappa shape index (κ3) is 3.20. The molecule has 1 aliphatic rings. The van der Waals surface area contributed by atoms with Crippen molar-refractivity contribution < 1.29 is 8.42 Å². The number of hydrogen-bond donors (Lipinski definition) is 1. The Kier molecular flexibility index (Phi) is 5.51. The fourth-order valence-corrected chi connectivity index (χ4v) is 4.20. The first-order chi connectivity index (χ1) is 8.34. The van der Waals surface area contributed by atoms with E-state index in [2.05, 4.69) is 18.7 Å². The first kappa shape index (κ1) is 15.8. The minimum Gasteiger partial charge on any atom is -0.392 e. The van der Waals surface area contributed by atoms with E-state index < -0.39 is 15.3 Å². The minimum absolute atomic E-state index is 0.0429. The van der Waals surface area contributed by atoms with Gasteiger partial charge in [-0.05, 0) is 26.4 Å². The molecule has 1 fully saturated rings. The molecule has 5 nitrogen and oxygen atoms in total. The Morgan fingerprint density at radius 1 is 1.50 bits per heavy atom. The Balaban J connectivity index is 2.75. The van der Waals surface area contributed by atoms with Crippen LogP contribution in [-0.2, 0) is 10.0 Å². The predicted octanol–water partition coefficient (Wildman–Crippen LogP) is 0.407. The maximum atomic E-state index is 12.3. The summed E-state index contributed by atoms with van der Waals surface area (Å²) in [6.07, 6.45) is 0.880. The Morgan fingerprint density at radius 2 is 2.06 bits per heavy atom. The highest BCUT2D eigenvalue weighted by atomic mass is 32.2. The van der Waals surface area contributed by atoms with Crippen LogP contribution in [0.5, 0.6) is 0 Å². The molecule has 2 atom stereocenters. The van der Waals surface area contributed by atoms with Crippen LogP contribution in [0.2, 0.25) is 0 Å². The van der Waals surface area contributed by atoms with Crippen molar-refractivity contribution in [1.82, 2.24) is 9.21 Å². The van der Waals surface area contributed by atoms with E-state index in [4.69, 9.17) is 18.0 Å². The molecule has 106 valence electrons. The van der Waals surface area contributed by atoms with Gasteiger partial charge in [0, 0.05) is 19.1 Å². The van der Waals surface area contributed by atoms with Crippen LogP contribution < -0.4 is 5.73 Å². The molecule has 0 saturated carbocycles. The van der Waals surface area contributed by atoms with E-state index >= 15 is 0 Å². The summed E-state index contributed by atoms with van der Waals surface area (Å²) in [5.74, 6) is 0. The number of sulfonamides is 1. The number of likely N-dealkylation sites (N-methyl/N-ethyl adjacent to an activating group) is 1. The van der Waals surface area contributed by atoms with Gasteiger partial charge in [-0.25, -0.2) is 8.42 Å². The van der Waals surface area contributed by atoms with Gasteiger partial charge in [-0.2, -0.15) is 4.31 Å². The van der Waals surface area contributed by atoms with Crippen molar-refractivity contribution in [3.8, 4) is 0 Å². The Labute approximate surface area is 115 Å². The molecule has 0 aromatic rings. The lowest BCUT2D eigenvalue weighted by molar-refractivity contribution is 0.224. The zero-order valence-corrected chi connectivity index (χ0v) is 12.9. The van der Waals surface area contributed by atoms with E-state index in [1.807, 2.05) is 0 Å². The van der Waals surface area contributed by atoms with Crippen molar-refractivity contribution in [3.05, 3.63) is 0 Å². The Morgan fingerprint density at radius 3 is 2.50 bits per heavy atom. The average Bonchev–Trinajstić information content (AvgIpc) is 2.79. The molecular weight excluding hydrogens is 270 g/mol. The van der Waals surface area contributed by atoms with Crippen LogP contribution in [0.1, 0.15) is 27.2 Å². The lowest BCUT2D eigenvalue weighted by Gasteiger charge is -2.26. The zero-order valence-electron chi connectivity index (χ0n) is 11.3. The maximum absolute atomic E-state index is 12.3. The molecule has 2 N–H and O–H groups in total. The molecule has 1 saturated heterocycles. The van der Waals surface area contributed by atoms with E-state index in [9.17, 15) is 8.42 Å². The third-order valence-corrected chi connectivity index (χ3v) is 6.36. The lowest BCUT2D eigenvalue weighted by Crippen LogP contribution is -2.44. The quantitative estimate of drug-likeness (QED) is 0.718. The van der Waals surface area contributed by atoms with Crippen molar-refractivity contribution in [1.29, 1.82) is 0 Å². The maximum Gasteiger partial charge on any atom is 0.223 e. The van der Waals surface area contributed by atoms with Crippen LogP contribution in [0.15, 0.2) is 0 Å². The summed E-state index contributed by atoms with van der Waals surface area (Å²) in [5.41, 5.74) is 5.45. The molecule has 7 heteroatoms. The molecule has 0 radical (unpaired) electrons. The fraction of sp³-hybridized carbons (Fsp3) is 0.909. The van der Waals surface area contributed by atoms with Crippen LogP contribution in [0, 0.1) is 0 Å². The largest absolute Gasteiger partial charge is 0.392 e. The Hall–Kier alpha value is -0.240. The highest BCUT2D eigenvalue weighted by Crippen LogP contribution is 2.21. The average molecular weight is 293 g/mol. The van der Waals surface area contributed by atoms with Gasteiger partial charge in [0.05, 0.1) is 4.99 Å². The van der Waals surface area contributed by atoms with Crippen LogP contribution in [-0.4, -0.2) is 60.1 Å². The summed E-state index contributed by atoms with van der Waals surface area (Å²) < 4.78 is 26.0. The number of hydrogen-bond acceptors (Lipinski definition) is 4. The molecule has 0 aromatic heterocycles. The van der Waals surface area contributed by atoms with E-state index in [0.29, 0.717) is 19.1 Å². The number of nitrogens with zero attached hydrogens (tertiary/aromatic N) is 2. The van der Waals surface area contributed by atoms with Gasteiger partial charge >= 0.3 is 0 Å². The summed E-state index contributed by atoms with van der Waals surface area (Å²) in [5, 5.41) is -0.775. The highest BCUT2D eigenvalue weighted by Gasteiger charge is 2.37. The summed E-state index contributed by atoms with van der Waals surface area (Å²) in [4.78, 5) is 2.34. The first-order valence-electron chi connectivity index (χ1n) is 6.36. The van der Waals surface area contributed by atoms with Crippen molar-refractivity contribution in [2.24, 2.45) is 5.73 Å². The SMILES string of the molecule is CCN(CC)C1CCN(S(=O)(=O)C(C)C(N)=S)C1. The van der Waals surface area contributed by atoms with Crippen molar-refractivity contribution in [2.45, 2.75) is 38.5 Å². The standard InChI is InChI=1S/C11H23N3O2S2/c1-4-13(5-2)10-6-7-14(8-10)18(15,16)9(3)11(12)17/h9-10H,4-8H2,1-3H3,(H2,12,17). The summed E-state index contributed by atoms with van der Waals surface area (Å²) in [6.45, 7) is 8.76. The highest BCUT2D eigenvalue weighted by molar-refractivity contribution is 7.92. The van der Waals surface area contributed by atoms with Gasteiger partial charge < -0.3 is 5.73 Å². The van der Waals surface area contributed by atoms with Crippen molar-refractivity contribution in [2.75, 3.05) is 26.2 Å². The minimum atomic E-state index is -3.38. The third-order valence-electron chi connectivity index (χ3n) is 3.66. The van der Waals surface area contributed by atoms with Gasteiger partial charge in [0.2, 0.25) is 10.0 Å². The van der Waals surface area contributed by atoms with Crippen LogP contribution in [0.3, 0.4) is 0 Å². The second-order valence-corrected chi connectivity index (χ2v) is 7.34. The fourth-order valence-electron chi connectivity index (χ4n) is 2.35. The molecule has 0 amide bonds. The van der Waals surface area contributed by atoms with Crippen molar-refractivity contribution >= 4 is 27.2 Å². The summed E-state index contributed by atoms with van der Waals surface area (Å²) >= 11 is 4.79. The molecule has 0 spiro atoms. The van der Waals surface area contributed by atoms with E-state index in [0.717, 1.165) is 19.5 Å². The molecule has 0 bridgehead atoms. The molecule has 1 rings (SSSR count). The molecule has 1 aliphatic heterocycles. The van der Waals surface area contributed by atoms with E-state index in [1.165, 1.54) is 4.31 Å². The Bertz CT molecular complexity index is 393. The number of thiocarbonyl (C=S) groups is 1. The van der Waals surface area contributed by atoms with Gasteiger partial charge in [-0.1, -0.05) is 26.1 Å². The van der Waals surface area contributed by atoms with Gasteiger partial charge in [-0.3, -0.25) is 4.90 Å². The second kappa shape index (κ2) is 6.27. The van der Waals surface area contributed by atoms with Crippen LogP contribution >= 0.6 is 12.2 Å². The van der Waals surface area contributed by atoms with Crippen LogP contribution in [0.25, 0.3) is 0 Å². The zero-order chi connectivity index (χ0) is 13.9. The normalized spacial score (nSPS) is 23.4. The predicted molar refractivity (Wildman–Crippen MR) is 78.1 cm³/mol. The molecule has 18 heavy (non-hydrogen) atoms. The van der Waals surface area contributed by atoms with Crippen LogP contribution in [0.4, 0.5) is 0 Å². The van der Waals surface area contributed by atoms with E-state index in [1.54, 1.807) is 6.92 Å². The molecular formula is C11H23N3O2S2. The second-order valence-electron chi connectivity index (χ2n) is 4.61. The topological polar surface area (TPSA) is 66.6 Å². The lowest BCUT2D eigenvalue weighted by atomic mass is 10.2. The van der Waals surface area contributed by atoms with Gasteiger partial charge in [0.1, 0.15) is 5.25 Å².